The van der Waals surface area contributed by atoms with Crippen molar-refractivity contribution >= 4 is 18.3 Å². The smallest absolute Gasteiger partial charge is 0.253 e. The predicted molar refractivity (Wildman–Crippen MR) is 66.6 cm³/mol. The molecule has 2 atom stereocenters. The number of hydrogen-bond acceptors (Lipinski definition) is 7. The quantitative estimate of drug-likeness (QED) is 0.182. The van der Waals surface area contributed by atoms with Crippen LogP contribution in [0.5, 0.6) is 17.2 Å². The summed E-state index contributed by atoms with van der Waals surface area (Å²) in [7, 11) is 0. The van der Waals surface area contributed by atoms with E-state index in [1.165, 1.54) is 12.1 Å². The van der Waals surface area contributed by atoms with Crippen molar-refractivity contribution in [3.05, 3.63) is 17.7 Å². The minimum absolute atomic E-state index is 0. The lowest BCUT2D eigenvalue weighted by atomic mass is 10.1. The highest BCUT2D eigenvalue weighted by Gasteiger charge is 2.32. The van der Waals surface area contributed by atoms with Crippen LogP contribution in [0.2, 0.25) is 0 Å². The van der Waals surface area contributed by atoms with Crippen molar-refractivity contribution in [1.82, 2.24) is 10.7 Å². The van der Waals surface area contributed by atoms with Crippen LogP contribution in [0.1, 0.15) is 11.8 Å². The van der Waals surface area contributed by atoms with E-state index in [0.29, 0.717) is 0 Å². The maximum absolute atomic E-state index is 11.3. The molecule has 1 aliphatic heterocycles. The van der Waals surface area contributed by atoms with Crippen molar-refractivity contribution in [3.63, 3.8) is 0 Å². The normalized spacial score (nSPS) is 21.7. The molecule has 1 heterocycles. The van der Waals surface area contributed by atoms with Crippen LogP contribution in [-0.2, 0) is 9.53 Å². The highest BCUT2D eigenvalue weighted by Crippen LogP contribution is 2.40. The first-order chi connectivity index (χ1) is 8.54. The second kappa shape index (κ2) is 5.93. The van der Waals surface area contributed by atoms with Crippen LogP contribution >= 0.6 is 12.4 Å². The maximum atomic E-state index is 11.3. The lowest BCUT2D eigenvalue weighted by Crippen LogP contribution is -2.45. The van der Waals surface area contributed by atoms with E-state index >= 15 is 0 Å². The van der Waals surface area contributed by atoms with E-state index in [1.807, 2.05) is 5.43 Å². The number of nitrogens with two attached hydrogens (primary N) is 1. The van der Waals surface area contributed by atoms with Gasteiger partial charge in [-0.15, -0.1) is 12.4 Å². The van der Waals surface area contributed by atoms with Crippen molar-refractivity contribution < 1.29 is 24.9 Å². The van der Waals surface area contributed by atoms with Crippen molar-refractivity contribution in [3.8, 4) is 17.2 Å². The Morgan fingerprint density at radius 3 is 2.68 bits per heavy atom. The molecule has 9 heteroatoms. The number of carbonyl (C=O) groups is 1. The number of ether oxygens (including phenoxy) is 1. The first kappa shape index (κ1) is 15.3. The van der Waals surface area contributed by atoms with E-state index in [9.17, 15) is 20.1 Å². The predicted octanol–water partition coefficient (Wildman–Crippen LogP) is -0.798. The Morgan fingerprint density at radius 2 is 2.05 bits per heavy atom. The molecule has 1 saturated heterocycles. The second-order valence-corrected chi connectivity index (χ2v) is 3.81. The Kier molecular flexibility index (Phi) is 4.78. The van der Waals surface area contributed by atoms with Gasteiger partial charge in [0, 0.05) is 5.56 Å². The molecule has 1 aromatic carbocycles. The standard InChI is InChI=1S/C10H13N3O5.ClH/c11-13-9(17)5-3-18-10(12-5)4-1-2-6(14)8(16)7(4)15;/h1-2,5,10,12,14-16H,3,11H2,(H,13,17);1H. The van der Waals surface area contributed by atoms with Gasteiger partial charge in [-0.3, -0.25) is 15.5 Å². The van der Waals surface area contributed by atoms with Crippen LogP contribution in [-0.4, -0.2) is 33.9 Å². The summed E-state index contributed by atoms with van der Waals surface area (Å²) in [6.45, 7) is 0.0782. The zero-order valence-electron chi connectivity index (χ0n) is 9.66. The van der Waals surface area contributed by atoms with Gasteiger partial charge in [-0.2, -0.15) is 0 Å². The van der Waals surface area contributed by atoms with Crippen LogP contribution in [0.15, 0.2) is 12.1 Å². The number of benzene rings is 1. The number of carbonyl (C=O) groups excluding carboxylic acids is 1. The summed E-state index contributed by atoms with van der Waals surface area (Å²) in [5.74, 6) is 2.98. The Balaban J connectivity index is 0.00000180. The number of amides is 1. The molecule has 1 fully saturated rings. The van der Waals surface area contributed by atoms with Gasteiger partial charge in [-0.25, -0.2) is 5.84 Å². The van der Waals surface area contributed by atoms with Crippen LogP contribution in [0.4, 0.5) is 0 Å². The monoisotopic (exact) mass is 291 g/mol. The Morgan fingerprint density at radius 1 is 1.37 bits per heavy atom. The van der Waals surface area contributed by atoms with Gasteiger partial charge in [0.25, 0.3) is 5.91 Å². The van der Waals surface area contributed by atoms with Gasteiger partial charge >= 0.3 is 0 Å². The van der Waals surface area contributed by atoms with Crippen molar-refractivity contribution in [2.24, 2.45) is 5.84 Å². The van der Waals surface area contributed by atoms with E-state index in [-0.39, 0.29) is 24.6 Å². The van der Waals surface area contributed by atoms with Crippen LogP contribution in [0, 0.1) is 0 Å². The summed E-state index contributed by atoms with van der Waals surface area (Å²) in [4.78, 5) is 11.3. The zero-order valence-corrected chi connectivity index (χ0v) is 10.5. The number of aromatic hydroxyl groups is 3. The molecule has 0 bridgehead atoms. The molecule has 2 rings (SSSR count). The molecule has 1 aliphatic rings. The molecule has 0 radical (unpaired) electrons. The van der Waals surface area contributed by atoms with E-state index < -0.39 is 35.4 Å². The highest BCUT2D eigenvalue weighted by molar-refractivity contribution is 5.85. The number of hydrazine groups is 1. The molecule has 0 spiro atoms. The molecule has 106 valence electrons. The largest absolute Gasteiger partial charge is 0.504 e. The van der Waals surface area contributed by atoms with Gasteiger partial charge in [0.1, 0.15) is 12.3 Å². The van der Waals surface area contributed by atoms with Gasteiger partial charge in [0.15, 0.2) is 11.5 Å². The molecule has 1 aromatic rings. The summed E-state index contributed by atoms with van der Waals surface area (Å²) >= 11 is 0. The topological polar surface area (TPSA) is 137 Å². The maximum Gasteiger partial charge on any atom is 0.253 e. The summed E-state index contributed by atoms with van der Waals surface area (Å²) in [5, 5.41) is 31.0. The fourth-order valence-corrected chi connectivity index (χ4v) is 1.70. The van der Waals surface area contributed by atoms with Gasteiger partial charge in [0.05, 0.1) is 6.61 Å². The lowest BCUT2D eigenvalue weighted by molar-refractivity contribution is -0.122. The SMILES string of the molecule is Cl.NNC(=O)C1COC(c2ccc(O)c(O)c2O)N1. The molecule has 0 aliphatic carbocycles. The summed E-state index contributed by atoms with van der Waals surface area (Å²) < 4.78 is 5.27. The zero-order chi connectivity index (χ0) is 13.3. The number of hydrogen-bond donors (Lipinski definition) is 6. The Labute approximate surface area is 114 Å². The van der Waals surface area contributed by atoms with Crippen molar-refractivity contribution in [1.29, 1.82) is 0 Å². The van der Waals surface area contributed by atoms with Gasteiger partial charge in [0.2, 0.25) is 5.75 Å². The molecule has 0 aromatic heterocycles. The average Bonchev–Trinajstić information content (AvgIpc) is 2.84. The minimum Gasteiger partial charge on any atom is -0.504 e. The molecule has 7 N–H and O–H groups in total. The van der Waals surface area contributed by atoms with Crippen molar-refractivity contribution in [2.75, 3.05) is 6.61 Å². The Bertz CT molecular complexity index is 484. The number of phenolic OH excluding ortho intramolecular Hbond substituents is 3. The third kappa shape index (κ3) is 2.82. The third-order valence-corrected chi connectivity index (χ3v) is 2.68. The van der Waals surface area contributed by atoms with E-state index in [0.717, 1.165) is 0 Å². The molecular weight excluding hydrogens is 278 g/mol. The fraction of sp³-hybridized carbons (Fsp3) is 0.300. The van der Waals surface area contributed by atoms with Gasteiger partial charge < -0.3 is 20.1 Å². The molecular formula is C10H14ClN3O5. The van der Waals surface area contributed by atoms with Crippen molar-refractivity contribution in [2.45, 2.75) is 12.3 Å². The van der Waals surface area contributed by atoms with E-state index in [1.54, 1.807) is 0 Å². The molecule has 19 heavy (non-hydrogen) atoms. The number of rotatable bonds is 2. The highest BCUT2D eigenvalue weighted by atomic mass is 35.5. The van der Waals surface area contributed by atoms with E-state index in [4.69, 9.17) is 10.6 Å². The van der Waals surface area contributed by atoms with Gasteiger partial charge in [-0.1, -0.05) is 0 Å². The molecule has 8 nitrogen and oxygen atoms in total. The van der Waals surface area contributed by atoms with Crippen LogP contribution in [0.3, 0.4) is 0 Å². The summed E-state index contributed by atoms with van der Waals surface area (Å²) in [6.07, 6.45) is -0.765. The average molecular weight is 292 g/mol. The third-order valence-electron chi connectivity index (χ3n) is 2.68. The first-order valence-corrected chi connectivity index (χ1v) is 5.16. The molecule has 2 unspecified atom stereocenters. The minimum atomic E-state index is -0.765. The Hall–Kier alpha value is -1.74. The second-order valence-electron chi connectivity index (χ2n) is 3.81. The first-order valence-electron chi connectivity index (χ1n) is 5.16. The van der Waals surface area contributed by atoms with Crippen LogP contribution < -0.4 is 16.6 Å². The summed E-state index contributed by atoms with van der Waals surface area (Å²) in [5.41, 5.74) is 2.20. The van der Waals surface area contributed by atoms with E-state index in [2.05, 4.69) is 5.32 Å². The lowest BCUT2D eigenvalue weighted by Gasteiger charge is -2.14. The number of nitrogens with one attached hydrogen (secondary N) is 2. The van der Waals surface area contributed by atoms with Crippen LogP contribution in [0.25, 0.3) is 0 Å². The fourth-order valence-electron chi connectivity index (χ4n) is 1.70. The van der Waals surface area contributed by atoms with Gasteiger partial charge in [-0.05, 0) is 12.1 Å². The number of halogens is 1. The number of phenols is 3. The summed E-state index contributed by atoms with van der Waals surface area (Å²) in [6, 6.07) is 1.95. The molecule has 1 amide bonds. The molecule has 0 saturated carbocycles.